The number of rotatable bonds is 6. The van der Waals surface area contributed by atoms with Gasteiger partial charge in [0.2, 0.25) is 0 Å². The van der Waals surface area contributed by atoms with E-state index in [0.29, 0.717) is 46.1 Å². The molecule has 1 aromatic heterocycles. The number of benzene rings is 2. The maximum absolute atomic E-state index is 12.5. The van der Waals surface area contributed by atoms with Crippen LogP contribution in [-0.4, -0.2) is 33.5 Å². The number of hydrogen-bond acceptors (Lipinski definition) is 6. The molecule has 26 heavy (non-hydrogen) atoms. The Balaban J connectivity index is 1.76. The molecule has 1 fully saturated rings. The van der Waals surface area contributed by atoms with E-state index in [0.717, 1.165) is 6.61 Å². The third kappa shape index (κ3) is 3.36. The third-order valence-corrected chi connectivity index (χ3v) is 4.17. The van der Waals surface area contributed by atoms with Crippen LogP contribution >= 0.6 is 0 Å². The topological polar surface area (TPSA) is 70.4 Å². The van der Waals surface area contributed by atoms with Crippen molar-refractivity contribution < 1.29 is 23.4 Å². The number of epoxide rings is 1. The average Bonchev–Trinajstić information content (AvgIpc) is 3.50. The zero-order valence-electron chi connectivity index (χ0n) is 14.5. The van der Waals surface area contributed by atoms with Gasteiger partial charge < -0.3 is 23.4 Å². The van der Waals surface area contributed by atoms with Crippen molar-refractivity contribution in [3.05, 3.63) is 52.7 Å². The van der Waals surface area contributed by atoms with Crippen molar-refractivity contribution in [3.63, 3.8) is 0 Å². The van der Waals surface area contributed by atoms with Crippen LogP contribution in [0.3, 0.4) is 0 Å². The van der Waals surface area contributed by atoms with Crippen LogP contribution in [0.1, 0.15) is 0 Å². The zero-order valence-corrected chi connectivity index (χ0v) is 14.5. The van der Waals surface area contributed by atoms with Crippen molar-refractivity contribution in [2.24, 2.45) is 0 Å². The summed E-state index contributed by atoms with van der Waals surface area (Å²) in [5.74, 6) is 2.30. The van der Waals surface area contributed by atoms with Crippen LogP contribution in [0.5, 0.6) is 17.2 Å². The van der Waals surface area contributed by atoms with Crippen LogP contribution in [-0.2, 0) is 4.74 Å². The van der Waals surface area contributed by atoms with Crippen molar-refractivity contribution in [1.29, 1.82) is 0 Å². The zero-order chi connectivity index (χ0) is 18.1. The molecule has 0 radical (unpaired) electrons. The molecule has 0 N–H and O–H groups in total. The van der Waals surface area contributed by atoms with Crippen LogP contribution in [0.4, 0.5) is 0 Å². The minimum absolute atomic E-state index is 0.125. The van der Waals surface area contributed by atoms with Gasteiger partial charge in [0.25, 0.3) is 0 Å². The van der Waals surface area contributed by atoms with E-state index in [2.05, 4.69) is 0 Å². The van der Waals surface area contributed by atoms with Crippen LogP contribution in [0.25, 0.3) is 22.3 Å². The second kappa shape index (κ2) is 6.72. The van der Waals surface area contributed by atoms with Crippen LogP contribution < -0.4 is 19.6 Å². The van der Waals surface area contributed by atoms with Gasteiger partial charge >= 0.3 is 0 Å². The minimum Gasteiger partial charge on any atom is -0.497 e. The molecule has 4 rings (SSSR count). The maximum Gasteiger partial charge on any atom is 0.193 e. The first kappa shape index (κ1) is 16.5. The lowest BCUT2D eigenvalue weighted by Gasteiger charge is -2.09. The van der Waals surface area contributed by atoms with E-state index in [1.807, 2.05) is 0 Å². The predicted octanol–water partition coefficient (Wildman–Crippen LogP) is 3.25. The summed E-state index contributed by atoms with van der Waals surface area (Å²) >= 11 is 0. The molecule has 6 heteroatoms. The van der Waals surface area contributed by atoms with Crippen LogP contribution in [0.2, 0.25) is 0 Å². The molecule has 134 valence electrons. The van der Waals surface area contributed by atoms with Crippen molar-refractivity contribution in [3.8, 4) is 28.6 Å². The summed E-state index contributed by atoms with van der Waals surface area (Å²) in [6.45, 7) is 1.22. The molecule has 3 aromatic rings. The SMILES string of the molecule is COc1cc(OC)cc(-c2cc(=O)c3ccc(OCC4CO4)cc3o2)c1. The average molecular weight is 354 g/mol. The Bertz CT molecular complexity index is 981. The van der Waals surface area contributed by atoms with Crippen LogP contribution in [0.15, 0.2) is 51.7 Å². The summed E-state index contributed by atoms with van der Waals surface area (Å²) in [5.41, 5.74) is 1.03. The number of fused-ring (bicyclic) bond motifs is 1. The first-order valence-electron chi connectivity index (χ1n) is 8.22. The molecule has 1 saturated heterocycles. The summed E-state index contributed by atoms with van der Waals surface area (Å²) < 4.78 is 27.3. The van der Waals surface area contributed by atoms with Gasteiger partial charge in [-0.15, -0.1) is 0 Å². The highest BCUT2D eigenvalue weighted by Crippen LogP contribution is 2.31. The van der Waals surface area contributed by atoms with Gasteiger partial charge in [-0.1, -0.05) is 0 Å². The monoisotopic (exact) mass is 354 g/mol. The largest absolute Gasteiger partial charge is 0.497 e. The smallest absolute Gasteiger partial charge is 0.193 e. The Morgan fingerprint density at radius 2 is 1.73 bits per heavy atom. The van der Waals surface area contributed by atoms with Crippen molar-refractivity contribution >= 4 is 11.0 Å². The summed E-state index contributed by atoms with van der Waals surface area (Å²) in [6, 6.07) is 12.0. The lowest BCUT2D eigenvalue weighted by Crippen LogP contribution is -2.05. The summed E-state index contributed by atoms with van der Waals surface area (Å²) in [5, 5.41) is 0.499. The van der Waals surface area contributed by atoms with E-state index in [1.54, 1.807) is 50.6 Å². The molecule has 0 spiro atoms. The highest BCUT2D eigenvalue weighted by molar-refractivity contribution is 5.80. The number of ether oxygens (including phenoxy) is 4. The van der Waals surface area contributed by atoms with Crippen LogP contribution in [0, 0.1) is 0 Å². The third-order valence-electron chi connectivity index (χ3n) is 4.17. The molecular weight excluding hydrogens is 336 g/mol. The van der Waals surface area contributed by atoms with E-state index in [-0.39, 0.29) is 11.5 Å². The molecule has 0 amide bonds. The Labute approximate surface area is 149 Å². The molecular formula is C20H18O6. The van der Waals surface area contributed by atoms with E-state index in [9.17, 15) is 4.79 Å². The van der Waals surface area contributed by atoms with Gasteiger partial charge in [0.1, 0.15) is 41.3 Å². The van der Waals surface area contributed by atoms with E-state index < -0.39 is 0 Å². The van der Waals surface area contributed by atoms with Gasteiger partial charge in [-0.05, 0) is 24.3 Å². The molecule has 0 aliphatic carbocycles. The van der Waals surface area contributed by atoms with Crippen molar-refractivity contribution in [1.82, 2.24) is 0 Å². The first-order valence-corrected chi connectivity index (χ1v) is 8.22. The maximum atomic E-state index is 12.5. The molecule has 2 heterocycles. The fraction of sp³-hybridized carbons (Fsp3) is 0.250. The second-order valence-corrected chi connectivity index (χ2v) is 6.00. The number of methoxy groups -OCH3 is 2. The fourth-order valence-corrected chi connectivity index (χ4v) is 2.67. The van der Waals surface area contributed by atoms with E-state index in [4.69, 9.17) is 23.4 Å². The highest BCUT2D eigenvalue weighted by Gasteiger charge is 2.23. The minimum atomic E-state index is -0.125. The molecule has 0 bridgehead atoms. The summed E-state index contributed by atoms with van der Waals surface area (Å²) in [7, 11) is 3.14. The number of hydrogen-bond donors (Lipinski definition) is 0. The normalized spacial score (nSPS) is 15.7. The predicted molar refractivity (Wildman–Crippen MR) is 96.3 cm³/mol. The molecule has 1 atom stereocenters. The van der Waals surface area contributed by atoms with Gasteiger partial charge in [0, 0.05) is 23.8 Å². The van der Waals surface area contributed by atoms with Gasteiger partial charge in [-0.25, -0.2) is 0 Å². The molecule has 0 saturated carbocycles. The summed E-state index contributed by atoms with van der Waals surface area (Å²) in [4.78, 5) is 12.5. The molecule has 6 nitrogen and oxygen atoms in total. The van der Waals surface area contributed by atoms with Gasteiger partial charge in [0.05, 0.1) is 26.2 Å². The Morgan fingerprint density at radius 1 is 1.00 bits per heavy atom. The Hall–Kier alpha value is -2.99. The molecule has 2 aromatic carbocycles. The summed E-state index contributed by atoms with van der Waals surface area (Å²) in [6.07, 6.45) is 0.160. The van der Waals surface area contributed by atoms with Gasteiger partial charge in [-0.2, -0.15) is 0 Å². The van der Waals surface area contributed by atoms with Crippen molar-refractivity contribution in [2.45, 2.75) is 6.10 Å². The quantitative estimate of drug-likeness (QED) is 0.633. The fourth-order valence-electron chi connectivity index (χ4n) is 2.67. The van der Waals surface area contributed by atoms with E-state index in [1.165, 1.54) is 6.07 Å². The van der Waals surface area contributed by atoms with Gasteiger partial charge in [0.15, 0.2) is 5.43 Å². The molecule has 1 unspecified atom stereocenters. The second-order valence-electron chi connectivity index (χ2n) is 6.00. The molecule has 1 aliphatic rings. The molecule has 1 aliphatic heterocycles. The highest BCUT2D eigenvalue weighted by atomic mass is 16.6. The lowest BCUT2D eigenvalue weighted by molar-refractivity contribution is 0.263. The Morgan fingerprint density at radius 3 is 2.38 bits per heavy atom. The Kier molecular flexibility index (Phi) is 4.26. The standard InChI is InChI=1S/C20H18O6/c1-22-14-5-12(6-15(7-14)23-2)19-9-18(21)17-4-3-13(8-20(17)26-19)24-10-16-11-25-16/h3-9,16H,10-11H2,1-2H3. The van der Waals surface area contributed by atoms with E-state index >= 15 is 0 Å². The van der Waals surface area contributed by atoms with Gasteiger partial charge in [-0.3, -0.25) is 4.79 Å². The first-order chi connectivity index (χ1) is 12.7. The van der Waals surface area contributed by atoms with Crippen molar-refractivity contribution in [2.75, 3.05) is 27.4 Å². The lowest BCUT2D eigenvalue weighted by atomic mass is 10.1.